The average Bonchev–Trinajstić information content (AvgIpc) is 2.19. The molecule has 0 unspecified atom stereocenters. The first kappa shape index (κ1) is 13.5. The van der Waals surface area contributed by atoms with Gasteiger partial charge in [-0.05, 0) is 49.0 Å². The van der Waals surface area contributed by atoms with Crippen LogP contribution in [0.4, 0.5) is 0 Å². The van der Waals surface area contributed by atoms with Crippen molar-refractivity contribution in [3.05, 3.63) is 34.9 Å². The lowest BCUT2D eigenvalue weighted by Gasteiger charge is -2.18. The van der Waals surface area contributed by atoms with Crippen molar-refractivity contribution in [1.29, 1.82) is 0 Å². The van der Waals surface area contributed by atoms with Gasteiger partial charge in [-0.2, -0.15) is 0 Å². The topological polar surface area (TPSA) is 12.0 Å². The monoisotopic (exact) mass is 239 g/mol. The number of nitrogens with one attached hydrogen (secondary N) is 1. The van der Waals surface area contributed by atoms with E-state index in [2.05, 4.69) is 38.2 Å². The maximum atomic E-state index is 5.83. The van der Waals surface area contributed by atoms with E-state index in [4.69, 9.17) is 11.6 Å². The van der Waals surface area contributed by atoms with E-state index in [1.807, 2.05) is 12.1 Å². The molecule has 0 aliphatic carbocycles. The van der Waals surface area contributed by atoms with Gasteiger partial charge in [-0.1, -0.05) is 44.5 Å². The quantitative estimate of drug-likeness (QED) is 0.769. The molecule has 0 aromatic heterocycles. The Hall–Kier alpha value is -0.530. The SMILES string of the molecule is CC(C)(C)CNCCCc1ccc(Cl)cc1. The molecule has 0 fully saturated rings. The van der Waals surface area contributed by atoms with Crippen LogP contribution in [0.25, 0.3) is 0 Å². The van der Waals surface area contributed by atoms with Gasteiger partial charge in [0, 0.05) is 5.02 Å². The molecule has 0 aliphatic heterocycles. The van der Waals surface area contributed by atoms with Gasteiger partial charge < -0.3 is 5.32 Å². The molecule has 0 bridgehead atoms. The summed E-state index contributed by atoms with van der Waals surface area (Å²) in [5.41, 5.74) is 1.74. The highest BCUT2D eigenvalue weighted by molar-refractivity contribution is 6.30. The molecule has 0 aliphatic rings. The van der Waals surface area contributed by atoms with E-state index < -0.39 is 0 Å². The van der Waals surface area contributed by atoms with Crippen LogP contribution in [0.1, 0.15) is 32.8 Å². The molecule has 0 radical (unpaired) electrons. The number of halogens is 1. The molecule has 1 aromatic carbocycles. The van der Waals surface area contributed by atoms with Crippen LogP contribution < -0.4 is 5.32 Å². The Kier molecular flexibility index (Phi) is 5.30. The summed E-state index contributed by atoms with van der Waals surface area (Å²) in [5, 5.41) is 4.30. The van der Waals surface area contributed by atoms with Gasteiger partial charge in [-0.15, -0.1) is 0 Å². The smallest absolute Gasteiger partial charge is 0.0406 e. The van der Waals surface area contributed by atoms with E-state index >= 15 is 0 Å². The molecule has 0 saturated carbocycles. The van der Waals surface area contributed by atoms with Crippen molar-refractivity contribution < 1.29 is 0 Å². The second-order valence-electron chi connectivity index (χ2n) is 5.47. The first-order chi connectivity index (χ1) is 7.47. The predicted molar refractivity (Wildman–Crippen MR) is 72.1 cm³/mol. The summed E-state index contributed by atoms with van der Waals surface area (Å²) >= 11 is 5.83. The van der Waals surface area contributed by atoms with Crippen molar-refractivity contribution in [2.75, 3.05) is 13.1 Å². The van der Waals surface area contributed by atoms with E-state index in [0.717, 1.165) is 24.5 Å². The van der Waals surface area contributed by atoms with Crippen LogP contribution in [-0.4, -0.2) is 13.1 Å². The molecule has 1 aromatic rings. The third kappa shape index (κ3) is 6.14. The van der Waals surface area contributed by atoms with Gasteiger partial charge in [0.2, 0.25) is 0 Å². The standard InChI is InChI=1S/C14H22ClN/c1-14(2,3)11-16-10-4-5-12-6-8-13(15)9-7-12/h6-9,16H,4-5,10-11H2,1-3H3. The molecule has 0 saturated heterocycles. The molecule has 0 atom stereocenters. The number of hydrogen-bond donors (Lipinski definition) is 1. The minimum absolute atomic E-state index is 0.375. The zero-order chi connectivity index (χ0) is 12.0. The molecular weight excluding hydrogens is 218 g/mol. The van der Waals surface area contributed by atoms with Crippen LogP contribution in [0, 0.1) is 5.41 Å². The van der Waals surface area contributed by atoms with Crippen molar-refractivity contribution in [2.45, 2.75) is 33.6 Å². The molecule has 90 valence electrons. The third-order valence-corrected chi connectivity index (χ3v) is 2.64. The molecule has 0 heterocycles. The largest absolute Gasteiger partial charge is 0.316 e. The second-order valence-corrected chi connectivity index (χ2v) is 5.90. The van der Waals surface area contributed by atoms with Crippen molar-refractivity contribution in [1.82, 2.24) is 5.32 Å². The van der Waals surface area contributed by atoms with Gasteiger partial charge in [-0.3, -0.25) is 0 Å². The Morgan fingerprint density at radius 2 is 1.75 bits per heavy atom. The Labute approximate surface area is 104 Å². The van der Waals surface area contributed by atoms with Crippen molar-refractivity contribution in [2.24, 2.45) is 5.41 Å². The summed E-state index contributed by atoms with van der Waals surface area (Å²) < 4.78 is 0. The van der Waals surface area contributed by atoms with Crippen LogP contribution >= 0.6 is 11.6 Å². The predicted octanol–water partition coefficient (Wildman–Crippen LogP) is 3.91. The van der Waals surface area contributed by atoms with Gasteiger partial charge in [0.05, 0.1) is 0 Å². The molecule has 0 amide bonds. The first-order valence-corrected chi connectivity index (χ1v) is 6.30. The zero-order valence-electron chi connectivity index (χ0n) is 10.5. The van der Waals surface area contributed by atoms with Crippen LogP contribution in [0.2, 0.25) is 5.02 Å². The fourth-order valence-corrected chi connectivity index (χ4v) is 1.66. The van der Waals surface area contributed by atoms with Crippen molar-refractivity contribution in [3.63, 3.8) is 0 Å². The summed E-state index contributed by atoms with van der Waals surface area (Å²) in [6.45, 7) is 8.91. The Morgan fingerprint density at radius 1 is 1.12 bits per heavy atom. The number of hydrogen-bond acceptors (Lipinski definition) is 1. The van der Waals surface area contributed by atoms with Gasteiger partial charge in [0.15, 0.2) is 0 Å². The van der Waals surface area contributed by atoms with Gasteiger partial charge in [-0.25, -0.2) is 0 Å². The van der Waals surface area contributed by atoms with Gasteiger partial charge in [0.25, 0.3) is 0 Å². The minimum atomic E-state index is 0.375. The van der Waals surface area contributed by atoms with Gasteiger partial charge >= 0.3 is 0 Å². The Balaban J connectivity index is 2.14. The van der Waals surface area contributed by atoms with E-state index in [-0.39, 0.29) is 0 Å². The summed E-state index contributed by atoms with van der Waals surface area (Å²) in [6, 6.07) is 8.12. The lowest BCUT2D eigenvalue weighted by Crippen LogP contribution is -2.27. The fourth-order valence-electron chi connectivity index (χ4n) is 1.53. The molecular formula is C14H22ClN. The van der Waals surface area contributed by atoms with E-state index in [9.17, 15) is 0 Å². The normalized spacial score (nSPS) is 11.8. The summed E-state index contributed by atoms with van der Waals surface area (Å²) in [7, 11) is 0. The van der Waals surface area contributed by atoms with Crippen LogP contribution in [0.5, 0.6) is 0 Å². The molecule has 16 heavy (non-hydrogen) atoms. The van der Waals surface area contributed by atoms with Crippen LogP contribution in [0.3, 0.4) is 0 Å². The van der Waals surface area contributed by atoms with Crippen LogP contribution in [0.15, 0.2) is 24.3 Å². The van der Waals surface area contributed by atoms with E-state index in [1.54, 1.807) is 0 Å². The maximum Gasteiger partial charge on any atom is 0.0406 e. The lowest BCUT2D eigenvalue weighted by molar-refractivity contribution is 0.379. The number of rotatable bonds is 5. The highest BCUT2D eigenvalue weighted by atomic mass is 35.5. The van der Waals surface area contributed by atoms with Gasteiger partial charge in [0.1, 0.15) is 0 Å². The fraction of sp³-hybridized carbons (Fsp3) is 0.571. The highest BCUT2D eigenvalue weighted by Gasteiger charge is 2.08. The lowest BCUT2D eigenvalue weighted by atomic mass is 9.97. The number of benzene rings is 1. The third-order valence-electron chi connectivity index (χ3n) is 2.39. The molecule has 1 N–H and O–H groups in total. The van der Waals surface area contributed by atoms with E-state index in [1.165, 1.54) is 12.0 Å². The first-order valence-electron chi connectivity index (χ1n) is 5.92. The summed E-state index contributed by atoms with van der Waals surface area (Å²) in [4.78, 5) is 0. The summed E-state index contributed by atoms with van der Waals surface area (Å²) in [6.07, 6.45) is 2.30. The Bertz CT molecular complexity index is 298. The van der Waals surface area contributed by atoms with E-state index in [0.29, 0.717) is 5.41 Å². The Morgan fingerprint density at radius 3 is 2.31 bits per heavy atom. The molecule has 1 nitrogen and oxygen atoms in total. The van der Waals surface area contributed by atoms with Crippen molar-refractivity contribution in [3.8, 4) is 0 Å². The maximum absolute atomic E-state index is 5.83. The molecule has 2 heteroatoms. The number of aryl methyl sites for hydroxylation is 1. The second kappa shape index (κ2) is 6.27. The minimum Gasteiger partial charge on any atom is -0.316 e. The summed E-state index contributed by atoms with van der Waals surface area (Å²) in [5.74, 6) is 0. The average molecular weight is 240 g/mol. The van der Waals surface area contributed by atoms with Crippen LogP contribution in [-0.2, 0) is 6.42 Å². The molecule has 1 rings (SSSR count). The highest BCUT2D eigenvalue weighted by Crippen LogP contribution is 2.12. The zero-order valence-corrected chi connectivity index (χ0v) is 11.3. The molecule has 0 spiro atoms. The van der Waals surface area contributed by atoms with Crippen molar-refractivity contribution >= 4 is 11.6 Å².